The minimum atomic E-state index is -4.85. The molecule has 0 bridgehead atoms. The molecule has 0 aromatic rings. The first-order valence-electron chi connectivity index (χ1n) is 6.90. The summed E-state index contributed by atoms with van der Waals surface area (Å²) < 4.78 is 36.6. The summed E-state index contributed by atoms with van der Waals surface area (Å²) in [5.74, 6) is 0.349. The molecule has 12 nitrogen and oxygen atoms in total. The van der Waals surface area contributed by atoms with Crippen LogP contribution in [-0.2, 0) is 22.7 Å². The Kier molecular flexibility index (Phi) is 5.89. The van der Waals surface area contributed by atoms with Crippen molar-refractivity contribution < 1.29 is 42.7 Å². The van der Waals surface area contributed by atoms with Crippen molar-refractivity contribution in [3.63, 3.8) is 0 Å². The predicted molar refractivity (Wildman–Crippen MR) is 85.0 cm³/mol. The zero-order valence-corrected chi connectivity index (χ0v) is 14.9. The standard InChI is InChI=1S/C11H19N3O9P2/c1-6-13-8(12)3-4-14(6)11-10(16)9(15)7(22-11)5-21-25(19,20)23-24(2,17)18/h3-4,7,9-11,15-16H,1,5H2,2H3,(H2,12,13)(H,17,18)(H,19,20). The highest BCUT2D eigenvalue weighted by Crippen LogP contribution is 2.58. The van der Waals surface area contributed by atoms with E-state index in [1.54, 1.807) is 0 Å². The molecule has 0 spiro atoms. The average Bonchev–Trinajstić information content (AvgIpc) is 2.71. The lowest BCUT2D eigenvalue weighted by Crippen LogP contribution is -2.42. The second-order valence-electron chi connectivity index (χ2n) is 5.37. The van der Waals surface area contributed by atoms with Gasteiger partial charge >= 0.3 is 15.4 Å². The molecule has 2 heterocycles. The van der Waals surface area contributed by atoms with Crippen LogP contribution in [0.25, 0.3) is 0 Å². The Morgan fingerprint density at radius 1 is 1.40 bits per heavy atom. The smallest absolute Gasteiger partial charge is 0.387 e. The molecule has 0 aliphatic carbocycles. The third kappa shape index (κ3) is 5.20. The highest BCUT2D eigenvalue weighted by Gasteiger charge is 2.47. The Morgan fingerprint density at radius 2 is 2.04 bits per heavy atom. The van der Waals surface area contributed by atoms with Crippen molar-refractivity contribution in [2.75, 3.05) is 13.3 Å². The topological polar surface area (TPSA) is 184 Å². The van der Waals surface area contributed by atoms with Gasteiger partial charge in [0.1, 0.15) is 30.0 Å². The van der Waals surface area contributed by atoms with Crippen molar-refractivity contribution in [2.24, 2.45) is 10.7 Å². The maximum atomic E-state index is 11.6. The Bertz CT molecular complexity index is 690. The highest BCUT2D eigenvalue weighted by atomic mass is 31.3. The van der Waals surface area contributed by atoms with Gasteiger partial charge in [-0.25, -0.2) is 13.9 Å². The summed E-state index contributed by atoms with van der Waals surface area (Å²) in [6, 6.07) is 0. The molecule has 0 aromatic carbocycles. The van der Waals surface area contributed by atoms with Crippen LogP contribution < -0.4 is 5.73 Å². The van der Waals surface area contributed by atoms with E-state index in [-0.39, 0.29) is 11.7 Å². The SMILES string of the molecule is C=C1N=C(N)C=CN1C1OC(COP(=O)(O)OP(C)(=O)O)C(O)C1O. The largest absolute Gasteiger partial charge is 0.479 e. The van der Waals surface area contributed by atoms with Crippen LogP contribution in [0.1, 0.15) is 0 Å². The molecule has 0 aromatic heterocycles. The number of aliphatic imine (C=N–C) groups is 1. The van der Waals surface area contributed by atoms with E-state index in [1.165, 1.54) is 17.2 Å². The Balaban J connectivity index is 2.01. The molecule has 6 N–H and O–H groups in total. The van der Waals surface area contributed by atoms with E-state index in [0.29, 0.717) is 6.66 Å². The van der Waals surface area contributed by atoms with Gasteiger partial charge in [-0.1, -0.05) is 6.58 Å². The first kappa shape index (κ1) is 20.2. The van der Waals surface area contributed by atoms with Crippen molar-refractivity contribution in [3.05, 3.63) is 24.7 Å². The maximum Gasteiger partial charge on any atom is 0.479 e. The number of hydrogen-bond acceptors (Lipinski definition) is 10. The molecule has 6 unspecified atom stereocenters. The van der Waals surface area contributed by atoms with Crippen LogP contribution in [0.5, 0.6) is 0 Å². The third-order valence-corrected chi connectivity index (χ3v) is 5.74. The van der Waals surface area contributed by atoms with E-state index in [0.717, 1.165) is 0 Å². The second kappa shape index (κ2) is 7.28. The summed E-state index contributed by atoms with van der Waals surface area (Å²) in [5.41, 5.74) is 5.51. The van der Waals surface area contributed by atoms with Crippen LogP contribution in [0, 0.1) is 0 Å². The summed E-state index contributed by atoms with van der Waals surface area (Å²) in [4.78, 5) is 23.5. The van der Waals surface area contributed by atoms with E-state index < -0.39 is 46.6 Å². The summed E-state index contributed by atoms with van der Waals surface area (Å²) >= 11 is 0. The number of nitrogens with zero attached hydrogens (tertiary/aromatic N) is 2. The van der Waals surface area contributed by atoms with Crippen molar-refractivity contribution in [2.45, 2.75) is 24.5 Å². The molecule has 2 rings (SSSR count). The molecule has 142 valence electrons. The van der Waals surface area contributed by atoms with Crippen LogP contribution in [-0.4, -0.2) is 68.5 Å². The molecule has 1 fully saturated rings. The highest BCUT2D eigenvalue weighted by molar-refractivity contribution is 7.63. The Hall–Kier alpha value is -1.07. The van der Waals surface area contributed by atoms with Crippen molar-refractivity contribution in [1.82, 2.24) is 4.90 Å². The van der Waals surface area contributed by atoms with Gasteiger partial charge in [0, 0.05) is 12.9 Å². The maximum absolute atomic E-state index is 11.6. The molecular formula is C11H19N3O9P2. The van der Waals surface area contributed by atoms with Gasteiger partial charge < -0.3 is 35.4 Å². The number of rotatable bonds is 6. The number of aliphatic hydroxyl groups excluding tert-OH is 2. The van der Waals surface area contributed by atoms with E-state index in [2.05, 4.69) is 20.4 Å². The van der Waals surface area contributed by atoms with Crippen LogP contribution in [0.2, 0.25) is 0 Å². The number of aliphatic hydroxyl groups is 2. The van der Waals surface area contributed by atoms with Gasteiger partial charge in [-0.3, -0.25) is 9.09 Å². The van der Waals surface area contributed by atoms with Gasteiger partial charge in [-0.15, -0.1) is 0 Å². The predicted octanol–water partition coefficient (Wildman–Crippen LogP) is -0.960. The monoisotopic (exact) mass is 399 g/mol. The number of amidine groups is 1. The minimum Gasteiger partial charge on any atom is -0.387 e. The van der Waals surface area contributed by atoms with E-state index in [4.69, 9.17) is 15.4 Å². The summed E-state index contributed by atoms with van der Waals surface area (Å²) in [5, 5.41) is 20.1. The van der Waals surface area contributed by atoms with Crippen LogP contribution in [0.3, 0.4) is 0 Å². The zero-order valence-electron chi connectivity index (χ0n) is 13.1. The van der Waals surface area contributed by atoms with Crippen molar-refractivity contribution in [1.29, 1.82) is 0 Å². The number of hydrogen-bond donors (Lipinski definition) is 5. The average molecular weight is 399 g/mol. The number of ether oxygens (including phenoxy) is 1. The van der Waals surface area contributed by atoms with Gasteiger partial charge in [0.2, 0.25) is 0 Å². The first-order valence-corrected chi connectivity index (χ1v) is 10.4. The first-order chi connectivity index (χ1) is 11.4. The lowest BCUT2D eigenvalue weighted by Gasteiger charge is -2.30. The summed E-state index contributed by atoms with van der Waals surface area (Å²) in [7, 11) is -9.12. The van der Waals surface area contributed by atoms with Gasteiger partial charge in [0.15, 0.2) is 6.23 Å². The molecule has 2 aliphatic heterocycles. The van der Waals surface area contributed by atoms with Crippen LogP contribution >= 0.6 is 15.4 Å². The third-order valence-electron chi connectivity index (χ3n) is 3.23. The Labute approximate surface area is 143 Å². The molecule has 0 amide bonds. The number of nitrogens with two attached hydrogens (primary N) is 1. The second-order valence-corrected chi connectivity index (χ2v) is 8.83. The molecular weight excluding hydrogens is 380 g/mol. The lowest BCUT2D eigenvalue weighted by molar-refractivity contribution is -0.0683. The fourth-order valence-corrected chi connectivity index (χ4v) is 4.25. The van der Waals surface area contributed by atoms with Crippen LogP contribution in [0.4, 0.5) is 0 Å². The number of phosphoric ester groups is 1. The molecule has 0 saturated carbocycles. The van der Waals surface area contributed by atoms with Crippen molar-refractivity contribution in [3.8, 4) is 0 Å². The normalized spacial score (nSPS) is 34.5. The molecule has 25 heavy (non-hydrogen) atoms. The molecule has 0 radical (unpaired) electrons. The van der Waals surface area contributed by atoms with E-state index >= 15 is 0 Å². The number of phosphoric acid groups is 1. The van der Waals surface area contributed by atoms with E-state index in [1.807, 2.05) is 0 Å². The summed E-state index contributed by atoms with van der Waals surface area (Å²) in [6.45, 7) is 3.67. The van der Waals surface area contributed by atoms with Gasteiger partial charge in [-0.05, 0) is 6.08 Å². The van der Waals surface area contributed by atoms with E-state index in [9.17, 15) is 24.2 Å². The molecule has 6 atom stereocenters. The zero-order chi connectivity index (χ0) is 19.0. The fraction of sp³-hybridized carbons (Fsp3) is 0.545. The van der Waals surface area contributed by atoms with Crippen LogP contribution in [0.15, 0.2) is 29.7 Å². The molecule has 1 saturated heterocycles. The van der Waals surface area contributed by atoms with Gasteiger partial charge in [0.05, 0.1) is 6.61 Å². The lowest BCUT2D eigenvalue weighted by atomic mass is 10.1. The molecule has 14 heteroatoms. The van der Waals surface area contributed by atoms with Crippen molar-refractivity contribution >= 4 is 21.3 Å². The van der Waals surface area contributed by atoms with Gasteiger partial charge in [-0.2, -0.15) is 0 Å². The quantitative estimate of drug-likeness (QED) is 0.347. The Morgan fingerprint density at radius 3 is 2.60 bits per heavy atom. The summed E-state index contributed by atoms with van der Waals surface area (Å²) in [6.07, 6.45) is -2.35. The minimum absolute atomic E-state index is 0.154. The van der Waals surface area contributed by atoms with Gasteiger partial charge in [0.25, 0.3) is 0 Å². The molecule has 2 aliphatic rings. The fourth-order valence-electron chi connectivity index (χ4n) is 2.20.